The molecule has 19 heavy (non-hydrogen) atoms. The third kappa shape index (κ3) is 2.72. The highest BCUT2D eigenvalue weighted by atomic mass is 35.5. The first-order valence-corrected chi connectivity index (χ1v) is 7.50. The van der Waals surface area contributed by atoms with Crippen molar-refractivity contribution in [3.8, 4) is 0 Å². The van der Waals surface area contributed by atoms with E-state index in [1.165, 1.54) is 19.3 Å². The van der Waals surface area contributed by atoms with Crippen molar-refractivity contribution in [1.29, 1.82) is 0 Å². The van der Waals surface area contributed by atoms with E-state index in [9.17, 15) is 4.79 Å². The van der Waals surface area contributed by atoms with Gasteiger partial charge in [-0.15, -0.1) is 0 Å². The number of hydrogen-bond donors (Lipinski definition) is 0. The van der Waals surface area contributed by atoms with Crippen LogP contribution in [0.2, 0.25) is 5.22 Å². The third-order valence-electron chi connectivity index (χ3n) is 4.44. The van der Waals surface area contributed by atoms with Crippen LogP contribution in [0.15, 0.2) is 16.5 Å². The summed E-state index contributed by atoms with van der Waals surface area (Å²) >= 11 is 5.74. The zero-order valence-corrected chi connectivity index (χ0v) is 11.7. The van der Waals surface area contributed by atoms with E-state index in [2.05, 4.69) is 0 Å². The number of carbonyl (C=O) groups excluding carboxylic acids is 1. The van der Waals surface area contributed by atoms with Crippen molar-refractivity contribution in [1.82, 2.24) is 0 Å². The molecule has 2 fully saturated rings. The van der Waals surface area contributed by atoms with Crippen molar-refractivity contribution in [2.24, 2.45) is 5.92 Å². The molecular weight excluding hydrogens is 264 g/mol. The van der Waals surface area contributed by atoms with Gasteiger partial charge in [0.25, 0.3) is 0 Å². The van der Waals surface area contributed by atoms with Gasteiger partial charge in [-0.2, -0.15) is 0 Å². The summed E-state index contributed by atoms with van der Waals surface area (Å²) in [5, 5.41) is 0.280. The second kappa shape index (κ2) is 5.29. The summed E-state index contributed by atoms with van der Waals surface area (Å²) in [6.07, 6.45) is 7.53. The van der Waals surface area contributed by atoms with E-state index in [1.807, 2.05) is 0 Å². The minimum absolute atomic E-state index is 0.0223. The fraction of sp³-hybridized carbons (Fsp3) is 0.667. The Bertz CT molecular complexity index is 454. The van der Waals surface area contributed by atoms with Crippen molar-refractivity contribution in [3.63, 3.8) is 0 Å². The number of furan rings is 1. The van der Waals surface area contributed by atoms with Crippen molar-refractivity contribution in [3.05, 3.63) is 23.1 Å². The molecule has 0 N–H and O–H groups in total. The summed E-state index contributed by atoms with van der Waals surface area (Å²) in [5.41, 5.74) is -0.0484. The van der Waals surface area contributed by atoms with E-state index in [1.54, 1.807) is 12.1 Å². The van der Waals surface area contributed by atoms with E-state index in [0.29, 0.717) is 12.4 Å². The maximum Gasteiger partial charge on any atom is 0.201 e. The standard InChI is InChI=1S/C15H19ClO3/c16-13-5-4-12(19-13)14(17)11-6-9-18-15(10-11)7-2-1-3-8-15/h4-5,11H,1-3,6-10H2. The smallest absolute Gasteiger partial charge is 0.201 e. The Morgan fingerprint density at radius 2 is 2.05 bits per heavy atom. The zero-order valence-electron chi connectivity index (χ0n) is 11.0. The maximum atomic E-state index is 12.4. The number of hydrogen-bond acceptors (Lipinski definition) is 3. The van der Waals surface area contributed by atoms with Gasteiger partial charge < -0.3 is 9.15 Å². The Morgan fingerprint density at radius 1 is 1.26 bits per heavy atom. The van der Waals surface area contributed by atoms with Crippen LogP contribution in [0.25, 0.3) is 0 Å². The lowest BCUT2D eigenvalue weighted by Crippen LogP contribution is -2.43. The molecule has 1 spiro atoms. The van der Waals surface area contributed by atoms with E-state index >= 15 is 0 Å². The summed E-state index contributed by atoms with van der Waals surface area (Å²) in [6, 6.07) is 3.30. The van der Waals surface area contributed by atoms with Gasteiger partial charge in [0.1, 0.15) is 0 Å². The van der Waals surface area contributed by atoms with Gasteiger partial charge in [0.15, 0.2) is 11.0 Å². The van der Waals surface area contributed by atoms with Crippen LogP contribution in [0.3, 0.4) is 0 Å². The average Bonchev–Trinajstić information content (AvgIpc) is 2.85. The second-order valence-electron chi connectivity index (χ2n) is 5.75. The first-order valence-electron chi connectivity index (χ1n) is 7.12. The number of ether oxygens (including phenoxy) is 1. The minimum atomic E-state index is -0.0484. The lowest BCUT2D eigenvalue weighted by Gasteiger charge is -2.43. The molecule has 0 aromatic carbocycles. The molecule has 1 aliphatic heterocycles. The number of carbonyl (C=O) groups is 1. The van der Waals surface area contributed by atoms with Crippen LogP contribution in [0.1, 0.15) is 55.5 Å². The molecule has 1 atom stereocenters. The lowest BCUT2D eigenvalue weighted by molar-refractivity contribution is -0.111. The van der Waals surface area contributed by atoms with Crippen LogP contribution in [-0.4, -0.2) is 18.0 Å². The first-order chi connectivity index (χ1) is 9.19. The number of ketones is 1. The van der Waals surface area contributed by atoms with Crippen LogP contribution in [0.5, 0.6) is 0 Å². The molecule has 3 nitrogen and oxygen atoms in total. The normalized spacial score (nSPS) is 26.5. The molecule has 104 valence electrons. The Morgan fingerprint density at radius 3 is 2.74 bits per heavy atom. The molecule has 3 rings (SSSR count). The van der Waals surface area contributed by atoms with Crippen molar-refractivity contribution >= 4 is 17.4 Å². The Labute approximate surface area is 118 Å². The summed E-state index contributed by atoms with van der Waals surface area (Å²) < 4.78 is 11.3. The van der Waals surface area contributed by atoms with Gasteiger partial charge >= 0.3 is 0 Å². The van der Waals surface area contributed by atoms with E-state index in [4.69, 9.17) is 20.8 Å². The van der Waals surface area contributed by atoms with Crippen molar-refractivity contribution < 1.29 is 13.9 Å². The van der Waals surface area contributed by atoms with Crippen molar-refractivity contribution in [2.45, 2.75) is 50.5 Å². The molecule has 1 aromatic rings. The summed E-state index contributed by atoms with van der Waals surface area (Å²) in [4.78, 5) is 12.4. The lowest BCUT2D eigenvalue weighted by atomic mass is 9.75. The van der Waals surface area contributed by atoms with Gasteiger partial charge in [-0.3, -0.25) is 4.79 Å². The zero-order chi connectivity index (χ0) is 13.3. The second-order valence-corrected chi connectivity index (χ2v) is 6.12. The average molecular weight is 283 g/mol. The molecule has 1 aliphatic carbocycles. The maximum absolute atomic E-state index is 12.4. The topological polar surface area (TPSA) is 39.4 Å². The molecule has 2 aliphatic rings. The molecule has 0 radical (unpaired) electrons. The molecule has 1 saturated heterocycles. The molecule has 0 bridgehead atoms. The number of halogens is 1. The Balaban J connectivity index is 1.72. The third-order valence-corrected chi connectivity index (χ3v) is 4.65. The molecule has 0 amide bonds. The number of Topliss-reactive ketones (excluding diaryl/α,β-unsaturated/α-hetero) is 1. The Kier molecular flexibility index (Phi) is 3.68. The minimum Gasteiger partial charge on any atom is -0.442 e. The summed E-state index contributed by atoms with van der Waals surface area (Å²) in [7, 11) is 0. The molecule has 1 saturated carbocycles. The quantitative estimate of drug-likeness (QED) is 0.762. The highest BCUT2D eigenvalue weighted by Crippen LogP contribution is 2.41. The van der Waals surface area contributed by atoms with Crippen LogP contribution in [0, 0.1) is 5.92 Å². The summed E-state index contributed by atoms with van der Waals surface area (Å²) in [5.74, 6) is 0.497. The first kappa shape index (κ1) is 13.2. The van der Waals surface area contributed by atoms with Crippen LogP contribution in [-0.2, 0) is 4.74 Å². The largest absolute Gasteiger partial charge is 0.442 e. The van der Waals surface area contributed by atoms with Gasteiger partial charge in [0.2, 0.25) is 5.78 Å². The van der Waals surface area contributed by atoms with E-state index in [0.717, 1.165) is 25.7 Å². The molecule has 1 unspecified atom stereocenters. The molecule has 2 heterocycles. The van der Waals surface area contributed by atoms with Gasteiger partial charge in [-0.1, -0.05) is 19.3 Å². The van der Waals surface area contributed by atoms with Crippen LogP contribution in [0.4, 0.5) is 0 Å². The van der Waals surface area contributed by atoms with Crippen molar-refractivity contribution in [2.75, 3.05) is 6.61 Å². The van der Waals surface area contributed by atoms with E-state index in [-0.39, 0.29) is 22.5 Å². The SMILES string of the molecule is O=C(c1ccc(Cl)o1)C1CCOC2(CCCCC2)C1. The van der Waals surface area contributed by atoms with Gasteiger partial charge in [-0.25, -0.2) is 0 Å². The Hall–Kier alpha value is -0.800. The van der Waals surface area contributed by atoms with Gasteiger partial charge in [0, 0.05) is 12.5 Å². The highest BCUT2D eigenvalue weighted by molar-refractivity contribution is 6.29. The number of rotatable bonds is 2. The fourth-order valence-electron chi connectivity index (χ4n) is 3.44. The summed E-state index contributed by atoms with van der Waals surface area (Å²) in [6.45, 7) is 0.685. The van der Waals surface area contributed by atoms with Gasteiger partial charge in [-0.05, 0) is 49.4 Å². The fourth-order valence-corrected chi connectivity index (χ4v) is 3.59. The van der Waals surface area contributed by atoms with Gasteiger partial charge in [0.05, 0.1) is 5.60 Å². The van der Waals surface area contributed by atoms with E-state index < -0.39 is 0 Å². The molecular formula is C15H19ClO3. The molecule has 1 aromatic heterocycles. The predicted octanol–water partition coefficient (Wildman–Crippen LogP) is 4.25. The highest BCUT2D eigenvalue weighted by Gasteiger charge is 2.41. The predicted molar refractivity (Wildman–Crippen MR) is 72.5 cm³/mol. The van der Waals surface area contributed by atoms with Crippen LogP contribution >= 0.6 is 11.6 Å². The molecule has 4 heteroatoms. The van der Waals surface area contributed by atoms with Crippen LogP contribution < -0.4 is 0 Å². The monoisotopic (exact) mass is 282 g/mol.